The molecule has 3 amide bonds. The number of likely N-dealkylation sites (N-methyl/N-ethyl adjacent to an activating group) is 1. The Morgan fingerprint density at radius 1 is 1.44 bits per heavy atom. The van der Waals surface area contributed by atoms with E-state index in [1.54, 1.807) is 6.92 Å². The minimum atomic E-state index is -0.650. The van der Waals surface area contributed by atoms with E-state index in [0.29, 0.717) is 12.6 Å². The molecule has 1 unspecified atom stereocenters. The zero-order valence-electron chi connectivity index (χ0n) is 10.0. The minimum absolute atomic E-state index is 0.0341. The van der Waals surface area contributed by atoms with Gasteiger partial charge in [-0.25, -0.2) is 4.79 Å². The third-order valence-electron chi connectivity index (χ3n) is 3.12. The molecule has 92 valence electrons. The predicted molar refractivity (Wildman–Crippen MR) is 61.8 cm³/mol. The molecular formula is C11H21N3O2. The van der Waals surface area contributed by atoms with Crippen LogP contribution in [0.1, 0.15) is 39.5 Å². The zero-order chi connectivity index (χ0) is 12.1. The maximum Gasteiger partial charge on any atom is 0.312 e. The van der Waals surface area contributed by atoms with Crippen molar-refractivity contribution in [3.05, 3.63) is 0 Å². The Hall–Kier alpha value is -1.26. The number of primary amides is 1. The van der Waals surface area contributed by atoms with Crippen molar-refractivity contribution in [3.8, 4) is 0 Å². The normalized spacial score (nSPS) is 18.1. The van der Waals surface area contributed by atoms with Crippen molar-refractivity contribution in [2.75, 3.05) is 6.54 Å². The van der Waals surface area contributed by atoms with Crippen LogP contribution in [-0.2, 0) is 4.79 Å². The van der Waals surface area contributed by atoms with Crippen LogP contribution in [0.2, 0.25) is 0 Å². The molecule has 0 aromatic heterocycles. The van der Waals surface area contributed by atoms with Gasteiger partial charge in [-0.3, -0.25) is 4.79 Å². The molecule has 5 heteroatoms. The van der Waals surface area contributed by atoms with Crippen molar-refractivity contribution in [2.45, 2.75) is 51.6 Å². The molecule has 1 rings (SSSR count). The minimum Gasteiger partial charge on any atom is -0.352 e. The van der Waals surface area contributed by atoms with Crippen LogP contribution in [0.4, 0.5) is 4.79 Å². The van der Waals surface area contributed by atoms with Crippen LogP contribution in [-0.4, -0.2) is 35.5 Å². The van der Waals surface area contributed by atoms with Crippen molar-refractivity contribution in [1.82, 2.24) is 10.2 Å². The fourth-order valence-electron chi connectivity index (χ4n) is 2.33. The molecule has 1 aliphatic carbocycles. The Labute approximate surface area is 96.4 Å². The molecule has 16 heavy (non-hydrogen) atoms. The molecule has 0 heterocycles. The lowest BCUT2D eigenvalue weighted by Gasteiger charge is -2.30. The van der Waals surface area contributed by atoms with Crippen molar-refractivity contribution < 1.29 is 9.59 Å². The average molecular weight is 227 g/mol. The van der Waals surface area contributed by atoms with Crippen LogP contribution in [0.5, 0.6) is 0 Å². The van der Waals surface area contributed by atoms with Gasteiger partial charge in [0.25, 0.3) is 0 Å². The number of urea groups is 1. The van der Waals surface area contributed by atoms with Gasteiger partial charge in [0.05, 0.1) is 0 Å². The fraction of sp³-hybridized carbons (Fsp3) is 0.818. The van der Waals surface area contributed by atoms with Gasteiger partial charge >= 0.3 is 6.03 Å². The lowest BCUT2D eigenvalue weighted by molar-refractivity contribution is -0.134. The first-order valence-corrected chi connectivity index (χ1v) is 5.92. The molecule has 1 atom stereocenters. The maximum absolute atomic E-state index is 12.1. The third-order valence-corrected chi connectivity index (χ3v) is 3.12. The first-order chi connectivity index (χ1) is 7.56. The highest BCUT2D eigenvalue weighted by molar-refractivity contribution is 5.86. The van der Waals surface area contributed by atoms with E-state index in [1.165, 1.54) is 12.8 Å². The number of nitrogens with two attached hydrogens (primary N) is 1. The van der Waals surface area contributed by atoms with Gasteiger partial charge in [-0.2, -0.15) is 0 Å². The lowest BCUT2D eigenvalue weighted by atomic mass is 10.1. The molecule has 1 fully saturated rings. The van der Waals surface area contributed by atoms with Gasteiger partial charge in [-0.15, -0.1) is 0 Å². The Morgan fingerprint density at radius 3 is 2.44 bits per heavy atom. The summed E-state index contributed by atoms with van der Waals surface area (Å²) < 4.78 is 0. The molecule has 1 saturated carbocycles. The highest BCUT2D eigenvalue weighted by Crippen LogP contribution is 2.23. The van der Waals surface area contributed by atoms with Crippen LogP contribution in [0.15, 0.2) is 0 Å². The van der Waals surface area contributed by atoms with E-state index in [-0.39, 0.29) is 5.91 Å². The second kappa shape index (κ2) is 5.72. The molecule has 0 bridgehead atoms. The number of hydrogen-bond acceptors (Lipinski definition) is 2. The number of nitrogens with zero attached hydrogens (tertiary/aromatic N) is 1. The van der Waals surface area contributed by atoms with Crippen LogP contribution in [0.25, 0.3) is 0 Å². The van der Waals surface area contributed by atoms with Gasteiger partial charge in [0.2, 0.25) is 5.91 Å². The third kappa shape index (κ3) is 3.12. The summed E-state index contributed by atoms with van der Waals surface area (Å²) in [5.41, 5.74) is 5.01. The van der Waals surface area contributed by atoms with Gasteiger partial charge in [-0.1, -0.05) is 12.8 Å². The molecule has 0 saturated heterocycles. The Kier molecular flexibility index (Phi) is 4.58. The quantitative estimate of drug-likeness (QED) is 0.746. The van der Waals surface area contributed by atoms with E-state index >= 15 is 0 Å². The first-order valence-electron chi connectivity index (χ1n) is 5.92. The molecule has 0 aromatic rings. The van der Waals surface area contributed by atoms with Crippen LogP contribution >= 0.6 is 0 Å². The molecule has 0 radical (unpaired) electrons. The predicted octanol–water partition coefficient (Wildman–Crippen LogP) is 0.834. The van der Waals surface area contributed by atoms with E-state index in [9.17, 15) is 9.59 Å². The standard InChI is InChI=1S/C11H21N3O2/c1-3-14(9-6-4-5-7-9)10(15)8(2)13-11(12)16/h8-9H,3-7H2,1-2H3,(H3,12,13,16). The molecule has 3 N–H and O–H groups in total. The summed E-state index contributed by atoms with van der Waals surface area (Å²) in [6.45, 7) is 4.33. The number of carbonyl (C=O) groups is 2. The highest BCUT2D eigenvalue weighted by Gasteiger charge is 2.28. The fourth-order valence-corrected chi connectivity index (χ4v) is 2.33. The summed E-state index contributed by atoms with van der Waals surface area (Å²) in [4.78, 5) is 24.6. The number of hydrogen-bond donors (Lipinski definition) is 2. The van der Waals surface area contributed by atoms with Gasteiger partial charge in [0, 0.05) is 12.6 Å². The van der Waals surface area contributed by atoms with E-state index in [1.807, 2.05) is 11.8 Å². The molecule has 1 aliphatic rings. The van der Waals surface area contributed by atoms with E-state index in [0.717, 1.165) is 12.8 Å². The van der Waals surface area contributed by atoms with E-state index in [2.05, 4.69) is 5.32 Å². The average Bonchev–Trinajstić information content (AvgIpc) is 2.71. The number of carbonyl (C=O) groups excluding carboxylic acids is 2. The summed E-state index contributed by atoms with van der Waals surface area (Å²) in [5.74, 6) is -0.0341. The molecular weight excluding hydrogens is 206 g/mol. The van der Waals surface area contributed by atoms with E-state index in [4.69, 9.17) is 5.73 Å². The summed E-state index contributed by atoms with van der Waals surface area (Å²) in [6, 6.07) is -0.837. The monoisotopic (exact) mass is 227 g/mol. The van der Waals surface area contributed by atoms with Crippen LogP contribution < -0.4 is 11.1 Å². The van der Waals surface area contributed by atoms with E-state index < -0.39 is 12.1 Å². The highest BCUT2D eigenvalue weighted by atomic mass is 16.2. The second-order valence-electron chi connectivity index (χ2n) is 4.29. The lowest BCUT2D eigenvalue weighted by Crippen LogP contribution is -2.51. The number of nitrogens with one attached hydrogen (secondary N) is 1. The molecule has 0 aromatic carbocycles. The van der Waals surface area contributed by atoms with Crippen molar-refractivity contribution in [1.29, 1.82) is 0 Å². The largest absolute Gasteiger partial charge is 0.352 e. The van der Waals surface area contributed by atoms with Gasteiger partial charge in [-0.05, 0) is 26.7 Å². The summed E-state index contributed by atoms with van der Waals surface area (Å²) >= 11 is 0. The Balaban J connectivity index is 2.57. The van der Waals surface area contributed by atoms with Crippen molar-refractivity contribution in [2.24, 2.45) is 5.73 Å². The first kappa shape index (κ1) is 12.8. The van der Waals surface area contributed by atoms with Crippen molar-refractivity contribution in [3.63, 3.8) is 0 Å². The zero-order valence-corrected chi connectivity index (χ0v) is 10.0. The number of rotatable bonds is 4. The molecule has 0 spiro atoms. The van der Waals surface area contributed by atoms with Crippen molar-refractivity contribution >= 4 is 11.9 Å². The van der Waals surface area contributed by atoms with Gasteiger partial charge in [0.15, 0.2) is 0 Å². The van der Waals surface area contributed by atoms with Gasteiger partial charge in [0.1, 0.15) is 6.04 Å². The van der Waals surface area contributed by atoms with Crippen LogP contribution in [0, 0.1) is 0 Å². The topological polar surface area (TPSA) is 75.4 Å². The SMILES string of the molecule is CCN(C(=O)C(C)NC(N)=O)C1CCCC1. The molecule has 0 aliphatic heterocycles. The Morgan fingerprint density at radius 2 is 2.00 bits per heavy atom. The van der Waals surface area contributed by atoms with Gasteiger partial charge < -0.3 is 16.0 Å². The second-order valence-corrected chi connectivity index (χ2v) is 4.29. The number of amides is 3. The smallest absolute Gasteiger partial charge is 0.312 e. The Bertz CT molecular complexity index is 262. The summed E-state index contributed by atoms with van der Waals surface area (Å²) in [5, 5.41) is 2.43. The van der Waals surface area contributed by atoms with Crippen LogP contribution in [0.3, 0.4) is 0 Å². The maximum atomic E-state index is 12.1. The summed E-state index contributed by atoms with van der Waals surface area (Å²) in [7, 11) is 0. The summed E-state index contributed by atoms with van der Waals surface area (Å²) in [6.07, 6.45) is 4.52. The molecule has 5 nitrogen and oxygen atoms in total.